The minimum Gasteiger partial charge on any atom is -0.459 e. The number of aromatic nitrogens is 4. The van der Waals surface area contributed by atoms with Crippen molar-refractivity contribution in [2.75, 3.05) is 13.1 Å². The zero-order valence-electron chi connectivity index (χ0n) is 15.6. The van der Waals surface area contributed by atoms with Crippen LogP contribution in [0.25, 0.3) is 0 Å². The van der Waals surface area contributed by atoms with Crippen LogP contribution in [0.5, 0.6) is 6.01 Å². The van der Waals surface area contributed by atoms with E-state index in [1.807, 2.05) is 6.92 Å². The highest BCUT2D eigenvalue weighted by Crippen LogP contribution is 2.26. The van der Waals surface area contributed by atoms with Crippen molar-refractivity contribution in [3.05, 3.63) is 29.3 Å². The molecule has 1 saturated heterocycles. The molecular weight excluding hydrogens is 354 g/mol. The average molecular weight is 379 g/mol. The number of rotatable bonds is 5. The lowest BCUT2D eigenvalue weighted by Crippen LogP contribution is -2.44. The molecule has 3 heterocycles. The Hall–Kier alpha value is -2.00. The largest absolute Gasteiger partial charge is 0.459 e. The van der Waals surface area contributed by atoms with Gasteiger partial charge >= 0.3 is 6.01 Å². The van der Waals surface area contributed by atoms with Gasteiger partial charge in [-0.25, -0.2) is 18.4 Å². The molecule has 0 aliphatic carbocycles. The monoisotopic (exact) mass is 379 g/mol. The summed E-state index contributed by atoms with van der Waals surface area (Å²) in [6, 6.07) is 0.292. The van der Waals surface area contributed by atoms with Gasteiger partial charge in [0.15, 0.2) is 0 Å². The van der Waals surface area contributed by atoms with E-state index in [0.717, 1.165) is 24.8 Å². The summed E-state index contributed by atoms with van der Waals surface area (Å²) >= 11 is 0. The number of aryl methyl sites for hydroxylation is 3. The lowest BCUT2D eigenvalue weighted by atomic mass is 10.1. The van der Waals surface area contributed by atoms with E-state index in [2.05, 4.69) is 15.1 Å². The standard InChI is InChI=1S/C17H25N5O3S/c1-5-14-9-18-17(19-10-14)25-15-7-6-8-22(11-15)26(23,24)16-12(2)20-21(4)13(16)3/h9-10,15H,5-8,11H2,1-4H3. The Morgan fingerprint density at radius 2 is 1.96 bits per heavy atom. The predicted octanol–water partition coefficient (Wildman–Crippen LogP) is 1.62. The molecule has 3 rings (SSSR count). The molecule has 0 amide bonds. The molecule has 0 aromatic carbocycles. The lowest BCUT2D eigenvalue weighted by Gasteiger charge is -2.31. The predicted molar refractivity (Wildman–Crippen MR) is 96.5 cm³/mol. The molecule has 1 aliphatic heterocycles. The number of nitrogens with zero attached hydrogens (tertiary/aromatic N) is 5. The van der Waals surface area contributed by atoms with Crippen molar-refractivity contribution in [2.24, 2.45) is 7.05 Å². The Morgan fingerprint density at radius 3 is 2.54 bits per heavy atom. The molecule has 0 saturated carbocycles. The maximum Gasteiger partial charge on any atom is 0.316 e. The zero-order chi connectivity index (χ0) is 18.9. The van der Waals surface area contributed by atoms with Crippen molar-refractivity contribution in [3.8, 4) is 6.01 Å². The molecule has 9 heteroatoms. The molecule has 0 N–H and O–H groups in total. The molecule has 1 aliphatic rings. The van der Waals surface area contributed by atoms with Gasteiger partial charge in [-0.15, -0.1) is 0 Å². The quantitative estimate of drug-likeness (QED) is 0.784. The maximum absolute atomic E-state index is 13.1. The summed E-state index contributed by atoms with van der Waals surface area (Å²) in [7, 11) is -1.86. The van der Waals surface area contributed by atoms with E-state index in [0.29, 0.717) is 28.8 Å². The van der Waals surface area contributed by atoms with E-state index in [1.54, 1.807) is 38.0 Å². The van der Waals surface area contributed by atoms with Gasteiger partial charge in [0.05, 0.1) is 17.9 Å². The van der Waals surface area contributed by atoms with Crippen LogP contribution in [0.1, 0.15) is 36.7 Å². The topological polar surface area (TPSA) is 90.2 Å². The number of piperidine rings is 1. The average Bonchev–Trinajstić information content (AvgIpc) is 2.88. The zero-order valence-corrected chi connectivity index (χ0v) is 16.5. The van der Waals surface area contributed by atoms with E-state index < -0.39 is 10.0 Å². The van der Waals surface area contributed by atoms with Crippen LogP contribution in [0.2, 0.25) is 0 Å². The Morgan fingerprint density at radius 1 is 1.27 bits per heavy atom. The number of sulfonamides is 1. The van der Waals surface area contributed by atoms with Crippen LogP contribution in [0, 0.1) is 13.8 Å². The highest BCUT2D eigenvalue weighted by atomic mass is 32.2. The summed E-state index contributed by atoms with van der Waals surface area (Å²) in [5.74, 6) is 0. The molecule has 0 bridgehead atoms. The van der Waals surface area contributed by atoms with Gasteiger partial charge < -0.3 is 4.74 Å². The molecule has 1 atom stereocenters. The molecule has 0 radical (unpaired) electrons. The summed E-state index contributed by atoms with van der Waals surface area (Å²) in [5, 5.41) is 4.23. The van der Waals surface area contributed by atoms with Crippen LogP contribution in [-0.4, -0.2) is 51.7 Å². The van der Waals surface area contributed by atoms with Gasteiger partial charge in [-0.3, -0.25) is 4.68 Å². The molecule has 26 heavy (non-hydrogen) atoms. The van der Waals surface area contributed by atoms with Crippen molar-refractivity contribution in [2.45, 2.75) is 51.0 Å². The summed E-state index contributed by atoms with van der Waals surface area (Å²) in [6.45, 7) is 6.29. The van der Waals surface area contributed by atoms with Gasteiger partial charge in [0, 0.05) is 26.0 Å². The summed E-state index contributed by atoms with van der Waals surface area (Å²) in [5.41, 5.74) is 2.20. The maximum atomic E-state index is 13.1. The van der Waals surface area contributed by atoms with Crippen molar-refractivity contribution in [1.82, 2.24) is 24.1 Å². The lowest BCUT2D eigenvalue weighted by molar-refractivity contribution is 0.119. The minimum absolute atomic E-state index is 0.261. The van der Waals surface area contributed by atoms with Crippen molar-refractivity contribution in [1.29, 1.82) is 0 Å². The minimum atomic E-state index is -3.61. The van der Waals surface area contributed by atoms with E-state index in [-0.39, 0.29) is 12.6 Å². The molecule has 1 fully saturated rings. The first-order valence-corrected chi connectivity index (χ1v) is 10.2. The fraction of sp³-hybridized carbons (Fsp3) is 0.588. The molecule has 8 nitrogen and oxygen atoms in total. The van der Waals surface area contributed by atoms with Gasteiger partial charge in [0.25, 0.3) is 0 Å². The van der Waals surface area contributed by atoms with Gasteiger partial charge in [-0.2, -0.15) is 9.40 Å². The first-order chi connectivity index (χ1) is 12.3. The molecular formula is C17H25N5O3S. The second-order valence-corrected chi connectivity index (χ2v) is 8.47. The molecule has 2 aromatic heterocycles. The van der Waals surface area contributed by atoms with Crippen molar-refractivity contribution < 1.29 is 13.2 Å². The summed E-state index contributed by atoms with van der Waals surface area (Å²) < 4.78 is 35.1. The second-order valence-electron chi connectivity index (χ2n) is 6.60. The highest BCUT2D eigenvalue weighted by molar-refractivity contribution is 7.89. The molecule has 0 spiro atoms. The van der Waals surface area contributed by atoms with Crippen molar-refractivity contribution in [3.63, 3.8) is 0 Å². The third-order valence-electron chi connectivity index (χ3n) is 4.74. The Labute approximate surface area is 154 Å². The van der Waals surface area contributed by atoms with Crippen LogP contribution in [0.15, 0.2) is 17.3 Å². The van der Waals surface area contributed by atoms with Crippen LogP contribution in [-0.2, 0) is 23.5 Å². The summed E-state index contributed by atoms with van der Waals surface area (Å²) in [6.07, 6.45) is 5.58. The van der Waals surface area contributed by atoms with E-state index >= 15 is 0 Å². The highest BCUT2D eigenvalue weighted by Gasteiger charge is 2.35. The Kier molecular flexibility index (Phi) is 5.29. The number of hydrogen-bond acceptors (Lipinski definition) is 6. The van der Waals surface area contributed by atoms with Gasteiger partial charge in [-0.1, -0.05) is 6.92 Å². The van der Waals surface area contributed by atoms with Gasteiger partial charge in [0.1, 0.15) is 11.0 Å². The van der Waals surface area contributed by atoms with Crippen LogP contribution < -0.4 is 4.74 Å². The smallest absolute Gasteiger partial charge is 0.316 e. The van der Waals surface area contributed by atoms with Gasteiger partial charge in [0.2, 0.25) is 10.0 Å². The third kappa shape index (κ3) is 3.59. The fourth-order valence-electron chi connectivity index (χ4n) is 3.21. The Bertz CT molecular complexity index is 877. The molecule has 142 valence electrons. The van der Waals surface area contributed by atoms with E-state index in [4.69, 9.17) is 4.74 Å². The normalized spacial score (nSPS) is 18.8. The first kappa shape index (κ1) is 18.8. The van der Waals surface area contributed by atoms with Crippen LogP contribution in [0.3, 0.4) is 0 Å². The number of ether oxygens (including phenoxy) is 1. The molecule has 2 aromatic rings. The third-order valence-corrected chi connectivity index (χ3v) is 6.86. The second kappa shape index (κ2) is 7.32. The molecule has 1 unspecified atom stereocenters. The fourth-order valence-corrected chi connectivity index (χ4v) is 5.12. The summed E-state index contributed by atoms with van der Waals surface area (Å²) in [4.78, 5) is 8.71. The Balaban J connectivity index is 1.76. The van der Waals surface area contributed by atoms with Crippen LogP contribution in [0.4, 0.5) is 0 Å². The van der Waals surface area contributed by atoms with Crippen LogP contribution >= 0.6 is 0 Å². The van der Waals surface area contributed by atoms with E-state index in [9.17, 15) is 8.42 Å². The van der Waals surface area contributed by atoms with Gasteiger partial charge in [-0.05, 0) is 38.7 Å². The number of hydrogen-bond donors (Lipinski definition) is 0. The van der Waals surface area contributed by atoms with Crippen molar-refractivity contribution >= 4 is 10.0 Å². The van der Waals surface area contributed by atoms with E-state index in [1.165, 1.54) is 4.31 Å². The first-order valence-electron chi connectivity index (χ1n) is 8.80. The SMILES string of the molecule is CCc1cnc(OC2CCCN(S(=O)(=O)c3c(C)nn(C)c3C)C2)nc1.